The fourth-order valence-corrected chi connectivity index (χ4v) is 2.69. The summed E-state index contributed by atoms with van der Waals surface area (Å²) in [6.07, 6.45) is 0. The lowest BCUT2D eigenvalue weighted by atomic mass is 10.0. The van der Waals surface area contributed by atoms with Crippen molar-refractivity contribution in [3.05, 3.63) is 83.3 Å². The number of rotatable bonds is 3. The van der Waals surface area contributed by atoms with E-state index >= 15 is 0 Å². The third kappa shape index (κ3) is 3.01. The molecule has 0 aliphatic rings. The van der Waals surface area contributed by atoms with Crippen molar-refractivity contribution >= 4 is 27.3 Å². The quantitative estimate of drug-likeness (QED) is 0.576. The van der Waals surface area contributed by atoms with Crippen LogP contribution in [0.25, 0.3) is 11.1 Å². The van der Waals surface area contributed by atoms with E-state index in [-0.39, 0.29) is 0 Å². The van der Waals surface area contributed by atoms with Gasteiger partial charge in [-0.2, -0.15) is 0 Å². The molecule has 0 saturated heterocycles. The molecule has 0 radical (unpaired) electrons. The number of benzene rings is 3. The third-order valence-electron chi connectivity index (χ3n) is 3.56. The number of para-hydroxylation sites is 2. The Morgan fingerprint density at radius 2 is 1.33 bits per heavy atom. The zero-order chi connectivity index (χ0) is 14.7. The molecule has 0 fully saturated rings. The van der Waals surface area contributed by atoms with Crippen LogP contribution in [0.3, 0.4) is 0 Å². The lowest BCUT2D eigenvalue weighted by Crippen LogP contribution is -2.10. The van der Waals surface area contributed by atoms with Gasteiger partial charge < -0.3 is 4.90 Å². The summed E-state index contributed by atoms with van der Waals surface area (Å²) >= 11 is 3.49. The summed E-state index contributed by atoms with van der Waals surface area (Å²) in [4.78, 5) is 2.22. The summed E-state index contributed by atoms with van der Waals surface area (Å²) in [6.45, 7) is 0. The lowest BCUT2D eigenvalue weighted by Gasteiger charge is -2.22. The standard InChI is InChI=1S/C19H16BrN/c1-21(17-7-3-2-4-8-17)19-10-6-5-9-18(19)15-11-13-16(20)14-12-15/h2-14H,1H3. The van der Waals surface area contributed by atoms with Crippen LogP contribution in [0.4, 0.5) is 11.4 Å². The van der Waals surface area contributed by atoms with Gasteiger partial charge in [-0.3, -0.25) is 0 Å². The summed E-state index contributed by atoms with van der Waals surface area (Å²) in [7, 11) is 2.10. The minimum atomic E-state index is 1.10. The van der Waals surface area contributed by atoms with E-state index in [4.69, 9.17) is 0 Å². The first kappa shape index (κ1) is 13.9. The maximum atomic E-state index is 3.49. The molecular formula is C19H16BrN. The number of hydrogen-bond acceptors (Lipinski definition) is 1. The Balaban J connectivity index is 2.06. The van der Waals surface area contributed by atoms with E-state index in [0.29, 0.717) is 0 Å². The van der Waals surface area contributed by atoms with E-state index in [1.807, 2.05) is 6.07 Å². The summed E-state index contributed by atoms with van der Waals surface area (Å²) in [5.74, 6) is 0. The Labute approximate surface area is 134 Å². The Morgan fingerprint density at radius 1 is 0.714 bits per heavy atom. The van der Waals surface area contributed by atoms with Crippen molar-refractivity contribution in [2.75, 3.05) is 11.9 Å². The molecule has 0 atom stereocenters. The van der Waals surface area contributed by atoms with E-state index in [9.17, 15) is 0 Å². The zero-order valence-corrected chi connectivity index (χ0v) is 13.4. The number of anilines is 2. The molecule has 1 nitrogen and oxygen atoms in total. The number of halogens is 1. The second kappa shape index (κ2) is 6.15. The average Bonchev–Trinajstić information content (AvgIpc) is 2.56. The molecule has 0 N–H and O–H groups in total. The molecule has 0 amide bonds. The first-order valence-corrected chi connectivity index (χ1v) is 7.69. The van der Waals surface area contributed by atoms with Crippen molar-refractivity contribution in [1.82, 2.24) is 0 Å². The van der Waals surface area contributed by atoms with Gasteiger partial charge in [-0.15, -0.1) is 0 Å². The first-order chi connectivity index (χ1) is 10.3. The van der Waals surface area contributed by atoms with Crippen LogP contribution in [-0.4, -0.2) is 7.05 Å². The molecule has 0 spiro atoms. The molecule has 0 aliphatic heterocycles. The zero-order valence-electron chi connectivity index (χ0n) is 11.8. The van der Waals surface area contributed by atoms with E-state index in [0.717, 1.165) is 4.47 Å². The highest BCUT2D eigenvalue weighted by Gasteiger charge is 2.10. The minimum absolute atomic E-state index is 1.10. The largest absolute Gasteiger partial charge is 0.344 e. The van der Waals surface area contributed by atoms with Gasteiger partial charge in [-0.05, 0) is 35.9 Å². The van der Waals surface area contributed by atoms with Gasteiger partial charge in [0.25, 0.3) is 0 Å². The molecule has 3 aromatic carbocycles. The molecule has 0 saturated carbocycles. The Morgan fingerprint density at radius 3 is 2.05 bits per heavy atom. The van der Waals surface area contributed by atoms with Crippen molar-refractivity contribution in [3.8, 4) is 11.1 Å². The summed E-state index contributed by atoms with van der Waals surface area (Å²) < 4.78 is 1.10. The van der Waals surface area contributed by atoms with E-state index in [1.54, 1.807) is 0 Å². The molecule has 21 heavy (non-hydrogen) atoms. The lowest BCUT2D eigenvalue weighted by molar-refractivity contribution is 1.21. The summed E-state index contributed by atoms with van der Waals surface area (Å²) in [6, 6.07) is 27.3. The van der Waals surface area contributed by atoms with Crippen molar-refractivity contribution in [2.24, 2.45) is 0 Å². The maximum Gasteiger partial charge on any atom is 0.0487 e. The van der Waals surface area contributed by atoms with Crippen LogP contribution in [0.1, 0.15) is 0 Å². The Kier molecular flexibility index (Phi) is 4.07. The minimum Gasteiger partial charge on any atom is -0.344 e. The average molecular weight is 338 g/mol. The normalized spacial score (nSPS) is 10.4. The molecule has 0 aromatic heterocycles. The second-order valence-electron chi connectivity index (χ2n) is 4.92. The van der Waals surface area contributed by atoms with Gasteiger partial charge in [0.2, 0.25) is 0 Å². The number of hydrogen-bond donors (Lipinski definition) is 0. The van der Waals surface area contributed by atoms with Crippen molar-refractivity contribution < 1.29 is 0 Å². The molecule has 2 heteroatoms. The molecule has 3 aromatic rings. The van der Waals surface area contributed by atoms with Crippen LogP contribution in [0.15, 0.2) is 83.3 Å². The van der Waals surface area contributed by atoms with Crippen LogP contribution in [0.5, 0.6) is 0 Å². The smallest absolute Gasteiger partial charge is 0.0487 e. The van der Waals surface area contributed by atoms with Crippen LogP contribution < -0.4 is 4.90 Å². The highest BCUT2D eigenvalue weighted by Crippen LogP contribution is 2.34. The third-order valence-corrected chi connectivity index (χ3v) is 4.09. The maximum absolute atomic E-state index is 3.49. The van der Waals surface area contributed by atoms with Gasteiger partial charge in [0.05, 0.1) is 0 Å². The second-order valence-corrected chi connectivity index (χ2v) is 5.83. The van der Waals surface area contributed by atoms with Gasteiger partial charge in [0.1, 0.15) is 0 Å². The molecule has 0 heterocycles. The predicted octanol–water partition coefficient (Wildman–Crippen LogP) is 5.88. The van der Waals surface area contributed by atoms with Gasteiger partial charge >= 0.3 is 0 Å². The molecular weight excluding hydrogens is 322 g/mol. The topological polar surface area (TPSA) is 3.24 Å². The predicted molar refractivity (Wildman–Crippen MR) is 94.1 cm³/mol. The molecule has 104 valence electrons. The first-order valence-electron chi connectivity index (χ1n) is 6.89. The highest BCUT2D eigenvalue weighted by atomic mass is 79.9. The Bertz CT molecular complexity index is 720. The van der Waals surface area contributed by atoms with Crippen LogP contribution in [0.2, 0.25) is 0 Å². The van der Waals surface area contributed by atoms with Crippen molar-refractivity contribution in [2.45, 2.75) is 0 Å². The van der Waals surface area contributed by atoms with Gasteiger partial charge in [-0.1, -0.05) is 64.5 Å². The van der Waals surface area contributed by atoms with Crippen molar-refractivity contribution in [1.29, 1.82) is 0 Å². The van der Waals surface area contributed by atoms with Gasteiger partial charge in [0.15, 0.2) is 0 Å². The van der Waals surface area contributed by atoms with Crippen LogP contribution >= 0.6 is 15.9 Å². The van der Waals surface area contributed by atoms with Gasteiger partial charge in [0, 0.05) is 28.5 Å². The van der Waals surface area contributed by atoms with Crippen LogP contribution in [-0.2, 0) is 0 Å². The molecule has 0 unspecified atom stereocenters. The monoisotopic (exact) mass is 337 g/mol. The fourth-order valence-electron chi connectivity index (χ4n) is 2.43. The van der Waals surface area contributed by atoms with Crippen molar-refractivity contribution in [3.63, 3.8) is 0 Å². The van der Waals surface area contributed by atoms with Gasteiger partial charge in [-0.25, -0.2) is 0 Å². The van der Waals surface area contributed by atoms with E-state index < -0.39 is 0 Å². The van der Waals surface area contributed by atoms with E-state index in [2.05, 4.69) is 101 Å². The number of nitrogens with zero attached hydrogens (tertiary/aromatic N) is 1. The Hall–Kier alpha value is -2.06. The summed E-state index contributed by atoms with van der Waals surface area (Å²) in [5.41, 5.74) is 4.83. The summed E-state index contributed by atoms with van der Waals surface area (Å²) in [5, 5.41) is 0. The van der Waals surface area contributed by atoms with Crippen LogP contribution in [0, 0.1) is 0 Å². The highest BCUT2D eigenvalue weighted by molar-refractivity contribution is 9.10. The molecule has 3 rings (SSSR count). The fraction of sp³-hybridized carbons (Fsp3) is 0.0526. The van der Waals surface area contributed by atoms with E-state index in [1.165, 1.54) is 22.5 Å². The SMILES string of the molecule is CN(c1ccccc1)c1ccccc1-c1ccc(Br)cc1. The molecule has 0 aliphatic carbocycles. The molecule has 0 bridgehead atoms.